The first-order valence-electron chi connectivity index (χ1n) is 6.73. The van der Waals surface area contributed by atoms with Crippen LogP contribution in [0.5, 0.6) is 0 Å². The van der Waals surface area contributed by atoms with Crippen LogP contribution in [0.2, 0.25) is 0 Å². The van der Waals surface area contributed by atoms with Crippen molar-refractivity contribution in [1.82, 2.24) is 14.8 Å². The summed E-state index contributed by atoms with van der Waals surface area (Å²) in [5.74, 6) is 0. The molecular weight excluding hydrogens is 248 g/mol. The summed E-state index contributed by atoms with van der Waals surface area (Å²) in [6, 6.07) is 10.2. The van der Waals surface area contributed by atoms with Crippen molar-refractivity contribution in [2.24, 2.45) is 12.8 Å². The smallest absolute Gasteiger partial charge is 0.0708 e. The zero-order valence-corrected chi connectivity index (χ0v) is 11.7. The highest BCUT2D eigenvalue weighted by atomic mass is 15.2. The average molecular weight is 266 g/mol. The van der Waals surface area contributed by atoms with E-state index in [9.17, 15) is 0 Å². The van der Waals surface area contributed by atoms with Crippen LogP contribution in [-0.4, -0.2) is 14.8 Å². The first-order valence-corrected chi connectivity index (χ1v) is 6.73. The molecule has 0 aliphatic rings. The molecule has 2 aromatic heterocycles. The van der Waals surface area contributed by atoms with Crippen LogP contribution in [0, 0.1) is 6.92 Å². The summed E-state index contributed by atoms with van der Waals surface area (Å²) in [6.45, 7) is 2.01. The molecule has 0 aliphatic carbocycles. The molecule has 0 bridgehead atoms. The van der Waals surface area contributed by atoms with E-state index in [0.29, 0.717) is 0 Å². The topological polar surface area (TPSA) is 56.7 Å². The summed E-state index contributed by atoms with van der Waals surface area (Å²) < 4.78 is 1.80. The molecule has 2 N–H and O–H groups in total. The SMILES string of the molecule is Cc1cc(C(N)Cc2cnn(C)c2)c2ccccc2n1. The van der Waals surface area contributed by atoms with Crippen molar-refractivity contribution in [3.05, 3.63) is 59.5 Å². The Kier molecular flexibility index (Phi) is 3.24. The average Bonchev–Trinajstić information content (AvgIpc) is 2.83. The highest BCUT2D eigenvalue weighted by Crippen LogP contribution is 2.25. The van der Waals surface area contributed by atoms with Gasteiger partial charge in [0.2, 0.25) is 0 Å². The van der Waals surface area contributed by atoms with E-state index < -0.39 is 0 Å². The summed E-state index contributed by atoms with van der Waals surface area (Å²) in [4.78, 5) is 4.56. The molecule has 0 amide bonds. The van der Waals surface area contributed by atoms with E-state index in [1.807, 2.05) is 44.6 Å². The van der Waals surface area contributed by atoms with E-state index in [4.69, 9.17) is 5.73 Å². The zero-order chi connectivity index (χ0) is 14.1. The van der Waals surface area contributed by atoms with Crippen LogP contribution < -0.4 is 5.73 Å². The van der Waals surface area contributed by atoms with Gasteiger partial charge in [-0.05, 0) is 36.6 Å². The second-order valence-electron chi connectivity index (χ2n) is 5.20. The van der Waals surface area contributed by atoms with Gasteiger partial charge >= 0.3 is 0 Å². The number of aryl methyl sites for hydroxylation is 2. The van der Waals surface area contributed by atoms with E-state index in [1.165, 1.54) is 0 Å². The maximum atomic E-state index is 6.41. The van der Waals surface area contributed by atoms with E-state index >= 15 is 0 Å². The molecule has 1 unspecified atom stereocenters. The Morgan fingerprint density at radius 3 is 2.85 bits per heavy atom. The van der Waals surface area contributed by atoms with Crippen molar-refractivity contribution in [2.75, 3.05) is 0 Å². The fraction of sp³-hybridized carbons (Fsp3) is 0.250. The number of benzene rings is 1. The molecular formula is C16H18N4. The minimum Gasteiger partial charge on any atom is -0.324 e. The normalized spacial score (nSPS) is 12.8. The number of nitrogens with two attached hydrogens (primary N) is 1. The molecule has 1 aromatic carbocycles. The lowest BCUT2D eigenvalue weighted by molar-refractivity contribution is 0.723. The van der Waals surface area contributed by atoms with E-state index in [0.717, 1.165) is 34.1 Å². The molecule has 4 heteroatoms. The minimum absolute atomic E-state index is 0.0502. The predicted molar refractivity (Wildman–Crippen MR) is 80.3 cm³/mol. The third kappa shape index (κ3) is 2.42. The predicted octanol–water partition coefficient (Wildman–Crippen LogP) is 2.52. The quantitative estimate of drug-likeness (QED) is 0.792. The van der Waals surface area contributed by atoms with Gasteiger partial charge in [-0.15, -0.1) is 0 Å². The van der Waals surface area contributed by atoms with Gasteiger partial charge in [0.25, 0.3) is 0 Å². The number of para-hydroxylation sites is 1. The van der Waals surface area contributed by atoms with Crippen LogP contribution in [0.25, 0.3) is 10.9 Å². The number of hydrogen-bond acceptors (Lipinski definition) is 3. The Morgan fingerprint density at radius 1 is 1.30 bits per heavy atom. The first kappa shape index (κ1) is 12.8. The number of rotatable bonds is 3. The summed E-state index contributed by atoms with van der Waals surface area (Å²) in [5, 5.41) is 5.33. The van der Waals surface area contributed by atoms with Gasteiger partial charge in [-0.2, -0.15) is 5.10 Å². The van der Waals surface area contributed by atoms with Crippen LogP contribution in [0.1, 0.15) is 22.9 Å². The fourth-order valence-electron chi connectivity index (χ4n) is 2.59. The van der Waals surface area contributed by atoms with Crippen molar-refractivity contribution in [3.63, 3.8) is 0 Å². The lowest BCUT2D eigenvalue weighted by Crippen LogP contribution is -2.14. The van der Waals surface area contributed by atoms with Gasteiger partial charge in [0.05, 0.1) is 11.7 Å². The van der Waals surface area contributed by atoms with Gasteiger partial charge in [0.15, 0.2) is 0 Å². The Balaban J connectivity index is 2.00. The molecule has 0 saturated heterocycles. The third-order valence-electron chi connectivity index (χ3n) is 3.49. The maximum absolute atomic E-state index is 6.41. The van der Waals surface area contributed by atoms with Crippen LogP contribution >= 0.6 is 0 Å². The Hall–Kier alpha value is -2.20. The number of aromatic nitrogens is 3. The van der Waals surface area contributed by atoms with Crippen molar-refractivity contribution in [3.8, 4) is 0 Å². The Morgan fingerprint density at radius 2 is 2.10 bits per heavy atom. The molecule has 4 nitrogen and oxygen atoms in total. The highest BCUT2D eigenvalue weighted by Gasteiger charge is 2.13. The van der Waals surface area contributed by atoms with Crippen LogP contribution in [-0.2, 0) is 13.5 Å². The van der Waals surface area contributed by atoms with Gasteiger partial charge in [0.1, 0.15) is 0 Å². The van der Waals surface area contributed by atoms with Crippen LogP contribution in [0.15, 0.2) is 42.7 Å². The molecule has 20 heavy (non-hydrogen) atoms. The number of hydrogen-bond donors (Lipinski definition) is 1. The molecule has 0 spiro atoms. The molecule has 0 fully saturated rings. The standard InChI is InChI=1S/C16H18N4/c1-11-7-14(13-5-3-4-6-16(13)19-11)15(17)8-12-9-18-20(2)10-12/h3-7,9-10,15H,8,17H2,1-2H3. The third-order valence-corrected chi connectivity index (χ3v) is 3.49. The van der Waals surface area contributed by atoms with Gasteiger partial charge in [0, 0.05) is 30.4 Å². The van der Waals surface area contributed by atoms with Crippen LogP contribution in [0.3, 0.4) is 0 Å². The maximum Gasteiger partial charge on any atom is 0.0708 e. The van der Waals surface area contributed by atoms with Crippen molar-refractivity contribution >= 4 is 10.9 Å². The second kappa shape index (κ2) is 5.06. The van der Waals surface area contributed by atoms with E-state index in [2.05, 4.69) is 22.2 Å². The van der Waals surface area contributed by atoms with Crippen LogP contribution in [0.4, 0.5) is 0 Å². The van der Waals surface area contributed by atoms with Gasteiger partial charge in [-0.25, -0.2) is 0 Å². The van der Waals surface area contributed by atoms with Gasteiger partial charge < -0.3 is 5.73 Å². The van der Waals surface area contributed by atoms with Gasteiger partial charge in [-0.3, -0.25) is 9.67 Å². The summed E-state index contributed by atoms with van der Waals surface area (Å²) in [6.07, 6.45) is 4.66. The van der Waals surface area contributed by atoms with Crippen molar-refractivity contribution < 1.29 is 0 Å². The van der Waals surface area contributed by atoms with E-state index in [1.54, 1.807) is 4.68 Å². The molecule has 0 aliphatic heterocycles. The Labute approximate surface area is 118 Å². The number of fused-ring (bicyclic) bond motifs is 1. The van der Waals surface area contributed by atoms with Crippen molar-refractivity contribution in [1.29, 1.82) is 0 Å². The first-order chi connectivity index (χ1) is 9.63. The Bertz CT molecular complexity index is 745. The highest BCUT2D eigenvalue weighted by molar-refractivity contribution is 5.82. The molecule has 3 rings (SSSR count). The molecule has 0 radical (unpaired) electrons. The monoisotopic (exact) mass is 266 g/mol. The summed E-state index contributed by atoms with van der Waals surface area (Å²) >= 11 is 0. The largest absolute Gasteiger partial charge is 0.324 e. The lowest BCUT2D eigenvalue weighted by Gasteiger charge is -2.14. The van der Waals surface area contributed by atoms with Gasteiger partial charge in [-0.1, -0.05) is 18.2 Å². The summed E-state index contributed by atoms with van der Waals surface area (Å²) in [5.41, 5.74) is 10.7. The minimum atomic E-state index is -0.0502. The molecule has 0 saturated carbocycles. The summed E-state index contributed by atoms with van der Waals surface area (Å²) in [7, 11) is 1.92. The molecule has 3 aromatic rings. The molecule has 2 heterocycles. The van der Waals surface area contributed by atoms with E-state index in [-0.39, 0.29) is 6.04 Å². The molecule has 1 atom stereocenters. The fourth-order valence-corrected chi connectivity index (χ4v) is 2.59. The lowest BCUT2D eigenvalue weighted by atomic mass is 9.97. The second-order valence-corrected chi connectivity index (χ2v) is 5.20. The number of nitrogens with zero attached hydrogens (tertiary/aromatic N) is 3. The van der Waals surface area contributed by atoms with Crippen molar-refractivity contribution in [2.45, 2.75) is 19.4 Å². The number of pyridine rings is 1. The zero-order valence-electron chi connectivity index (χ0n) is 11.7. The molecule has 102 valence electrons.